The van der Waals surface area contributed by atoms with Crippen LogP contribution in [-0.4, -0.2) is 68.3 Å². The van der Waals surface area contributed by atoms with Gasteiger partial charge in [0.2, 0.25) is 11.6 Å². The van der Waals surface area contributed by atoms with Crippen molar-refractivity contribution in [3.8, 4) is 11.5 Å². The summed E-state index contributed by atoms with van der Waals surface area (Å²) in [5.41, 5.74) is -4.35. The summed E-state index contributed by atoms with van der Waals surface area (Å²) in [7, 11) is 0. The second-order valence-electron chi connectivity index (χ2n) is 12.2. The number of hydrogen-bond acceptors (Lipinski definition) is 9. The molecule has 0 saturated carbocycles. The predicted octanol–water partition coefficient (Wildman–Crippen LogP) is 7.07. The van der Waals surface area contributed by atoms with E-state index in [1.807, 2.05) is 0 Å². The summed E-state index contributed by atoms with van der Waals surface area (Å²) < 4.78 is 12.0. The van der Waals surface area contributed by atoms with Gasteiger partial charge in [0.15, 0.2) is 28.4 Å². The first kappa shape index (κ1) is 37.8. The SMILES string of the molecule is CC(C)(Oc1ccc(C(=O)c2ccc(Cl)cc2)cc1)C(=O)C(O)(CSCCO)C(=O)C(C)(C)Oc1ccc(C(=O)c2ccc(Cl)cc2)cc1. The van der Waals surface area contributed by atoms with E-state index in [1.165, 1.54) is 52.0 Å². The fraction of sp³-hybridized carbons (Fsp3) is 0.263. The van der Waals surface area contributed by atoms with Crippen LogP contribution >= 0.6 is 35.0 Å². The number of ether oxygens (including phenoxy) is 2. The third-order valence-corrected chi connectivity index (χ3v) is 9.18. The van der Waals surface area contributed by atoms with Crippen molar-refractivity contribution >= 4 is 58.1 Å². The third-order valence-electron chi connectivity index (χ3n) is 7.58. The van der Waals surface area contributed by atoms with E-state index in [0.717, 1.165) is 11.8 Å². The molecule has 0 aromatic heterocycles. The molecule has 8 nitrogen and oxygen atoms in total. The highest BCUT2D eigenvalue weighted by molar-refractivity contribution is 7.99. The smallest absolute Gasteiger partial charge is 0.215 e. The monoisotopic (exact) mass is 722 g/mol. The van der Waals surface area contributed by atoms with Crippen molar-refractivity contribution in [2.24, 2.45) is 0 Å². The summed E-state index contributed by atoms with van der Waals surface area (Å²) >= 11 is 12.9. The molecule has 0 saturated heterocycles. The zero-order valence-corrected chi connectivity index (χ0v) is 29.7. The molecule has 0 heterocycles. The van der Waals surface area contributed by atoms with Crippen molar-refractivity contribution < 1.29 is 38.9 Å². The Morgan fingerprint density at radius 3 is 1.20 bits per heavy atom. The lowest BCUT2D eigenvalue weighted by Crippen LogP contribution is -2.64. The number of aliphatic hydroxyl groups excluding tert-OH is 1. The van der Waals surface area contributed by atoms with Gasteiger partial charge in [0, 0.05) is 43.8 Å². The number of carbonyl (C=O) groups is 4. The Balaban J connectivity index is 1.51. The average molecular weight is 724 g/mol. The van der Waals surface area contributed by atoms with Crippen molar-refractivity contribution in [3.05, 3.63) is 129 Å². The maximum Gasteiger partial charge on any atom is 0.215 e. The van der Waals surface area contributed by atoms with E-state index in [-0.39, 0.29) is 41.2 Å². The fourth-order valence-corrected chi connectivity index (χ4v) is 6.16. The second-order valence-corrected chi connectivity index (χ2v) is 14.2. The first-order chi connectivity index (χ1) is 23.1. The number of Topliss-reactive ketones (excluding diaryl/α,β-unsaturated/α-hetero) is 2. The van der Waals surface area contributed by atoms with Gasteiger partial charge in [-0.3, -0.25) is 19.2 Å². The van der Waals surface area contributed by atoms with Crippen LogP contribution in [0, 0.1) is 0 Å². The van der Waals surface area contributed by atoms with Crippen molar-refractivity contribution in [2.75, 3.05) is 18.1 Å². The molecule has 4 aromatic rings. The minimum atomic E-state index is -2.58. The van der Waals surface area contributed by atoms with E-state index in [2.05, 4.69) is 0 Å². The van der Waals surface area contributed by atoms with E-state index in [4.69, 9.17) is 32.7 Å². The molecule has 0 radical (unpaired) electrons. The zero-order chi connectivity index (χ0) is 36.0. The number of carbonyl (C=O) groups excluding carboxylic acids is 4. The highest BCUT2D eigenvalue weighted by Gasteiger charge is 2.56. The van der Waals surface area contributed by atoms with E-state index in [9.17, 15) is 29.4 Å². The van der Waals surface area contributed by atoms with Gasteiger partial charge in [-0.2, -0.15) is 11.8 Å². The number of aliphatic hydroxyl groups is 2. The molecular weight excluding hydrogens is 687 g/mol. The number of ketones is 4. The lowest BCUT2D eigenvalue weighted by Gasteiger charge is -2.38. The van der Waals surface area contributed by atoms with Gasteiger partial charge in [0.25, 0.3) is 0 Å². The molecule has 0 spiro atoms. The Labute approximate surface area is 299 Å². The Hall–Kier alpha value is -3.99. The van der Waals surface area contributed by atoms with Crippen LogP contribution in [0.15, 0.2) is 97.1 Å². The number of benzene rings is 4. The Kier molecular flexibility index (Phi) is 12.1. The number of hydrogen-bond donors (Lipinski definition) is 2. The normalized spacial score (nSPS) is 11.9. The summed E-state index contributed by atoms with van der Waals surface area (Å²) in [5.74, 6) is -2.05. The first-order valence-corrected chi connectivity index (χ1v) is 17.2. The molecular formula is C38H36Cl2O8S. The maximum absolute atomic E-state index is 14.1. The molecule has 0 unspecified atom stereocenters. The molecule has 4 rings (SSSR count). The van der Waals surface area contributed by atoms with Crippen LogP contribution in [0.2, 0.25) is 10.0 Å². The van der Waals surface area contributed by atoms with Gasteiger partial charge in [0.1, 0.15) is 11.5 Å². The molecule has 11 heteroatoms. The zero-order valence-electron chi connectivity index (χ0n) is 27.4. The van der Waals surface area contributed by atoms with E-state index in [1.54, 1.807) is 72.8 Å². The summed E-state index contributed by atoms with van der Waals surface area (Å²) in [5, 5.41) is 22.2. The van der Waals surface area contributed by atoms with Gasteiger partial charge < -0.3 is 19.7 Å². The summed E-state index contributed by atoms with van der Waals surface area (Å²) in [6, 6.07) is 25.2. The van der Waals surface area contributed by atoms with Crippen LogP contribution in [0.5, 0.6) is 11.5 Å². The van der Waals surface area contributed by atoms with Crippen LogP contribution in [0.4, 0.5) is 0 Å². The highest BCUT2D eigenvalue weighted by Crippen LogP contribution is 2.32. The molecule has 49 heavy (non-hydrogen) atoms. The standard InChI is InChI=1S/C38H36Cl2O8S/c1-36(2,47-30-17-9-26(10-18-30)32(42)24-5-13-28(39)14-6-24)34(44)38(46,23-49-22-21-41)35(45)37(3,4)48-31-19-11-27(12-20-31)33(43)25-7-15-29(40)16-8-25/h5-20,41,46H,21-23H2,1-4H3. The van der Waals surface area contributed by atoms with Crippen LogP contribution in [0.25, 0.3) is 0 Å². The average Bonchev–Trinajstić information content (AvgIpc) is 3.08. The van der Waals surface area contributed by atoms with Crippen LogP contribution in [-0.2, 0) is 9.59 Å². The molecule has 0 bridgehead atoms. The van der Waals surface area contributed by atoms with Gasteiger partial charge >= 0.3 is 0 Å². The molecule has 0 aliphatic carbocycles. The highest BCUT2D eigenvalue weighted by atomic mass is 35.5. The van der Waals surface area contributed by atoms with Crippen molar-refractivity contribution in [1.82, 2.24) is 0 Å². The molecule has 0 amide bonds. The summed E-state index contributed by atoms with van der Waals surface area (Å²) in [4.78, 5) is 53.9. The Bertz CT molecular complexity index is 1670. The fourth-order valence-electron chi connectivity index (χ4n) is 5.08. The Morgan fingerprint density at radius 1 is 0.592 bits per heavy atom. The van der Waals surface area contributed by atoms with Gasteiger partial charge in [-0.15, -0.1) is 0 Å². The molecule has 2 N–H and O–H groups in total. The number of halogens is 2. The van der Waals surface area contributed by atoms with E-state index >= 15 is 0 Å². The quantitative estimate of drug-likeness (QED) is 0.0710. The maximum atomic E-state index is 14.1. The molecule has 0 atom stereocenters. The summed E-state index contributed by atoms with van der Waals surface area (Å²) in [6.07, 6.45) is 0. The van der Waals surface area contributed by atoms with Gasteiger partial charge in [-0.1, -0.05) is 23.2 Å². The minimum Gasteiger partial charge on any atom is -0.480 e. The van der Waals surface area contributed by atoms with Gasteiger partial charge in [-0.05, 0) is 125 Å². The molecule has 0 fully saturated rings. The molecule has 0 aliphatic heterocycles. The van der Waals surface area contributed by atoms with Gasteiger partial charge in [0.05, 0.1) is 6.61 Å². The van der Waals surface area contributed by atoms with Crippen molar-refractivity contribution in [2.45, 2.75) is 44.5 Å². The van der Waals surface area contributed by atoms with Crippen molar-refractivity contribution in [3.63, 3.8) is 0 Å². The number of rotatable bonds is 16. The number of thioether (sulfide) groups is 1. The van der Waals surface area contributed by atoms with Crippen LogP contribution < -0.4 is 9.47 Å². The van der Waals surface area contributed by atoms with Crippen molar-refractivity contribution in [1.29, 1.82) is 0 Å². The third kappa shape index (κ3) is 9.17. The predicted molar refractivity (Wildman–Crippen MR) is 191 cm³/mol. The first-order valence-electron chi connectivity index (χ1n) is 15.3. The topological polar surface area (TPSA) is 127 Å². The summed E-state index contributed by atoms with van der Waals surface area (Å²) in [6.45, 7) is 5.50. The minimum absolute atomic E-state index is 0.164. The molecule has 4 aromatic carbocycles. The van der Waals surface area contributed by atoms with E-state index < -0.39 is 28.4 Å². The second kappa shape index (κ2) is 15.7. The van der Waals surface area contributed by atoms with E-state index in [0.29, 0.717) is 32.3 Å². The van der Waals surface area contributed by atoms with Crippen LogP contribution in [0.3, 0.4) is 0 Å². The Morgan fingerprint density at radius 2 is 0.898 bits per heavy atom. The lowest BCUT2D eigenvalue weighted by molar-refractivity contribution is -0.164. The van der Waals surface area contributed by atoms with Gasteiger partial charge in [-0.25, -0.2) is 0 Å². The molecule has 0 aliphatic rings. The largest absolute Gasteiger partial charge is 0.480 e. The lowest BCUT2D eigenvalue weighted by atomic mass is 9.80. The molecule has 256 valence electrons. The van der Waals surface area contributed by atoms with Crippen LogP contribution in [0.1, 0.15) is 59.5 Å².